The highest BCUT2D eigenvalue weighted by Crippen LogP contribution is 2.13. The van der Waals surface area contributed by atoms with E-state index in [-0.39, 0.29) is 6.04 Å². The third-order valence-corrected chi connectivity index (χ3v) is 2.43. The quantitative estimate of drug-likeness (QED) is 0.674. The minimum Gasteiger partial charge on any atom is -0.328 e. The lowest BCUT2D eigenvalue weighted by molar-refractivity contribution is 0.662. The van der Waals surface area contributed by atoms with Crippen molar-refractivity contribution in [3.63, 3.8) is 0 Å². The minimum absolute atomic E-state index is 0.249. The molecule has 1 atom stereocenters. The van der Waals surface area contributed by atoms with Crippen LogP contribution in [0, 0.1) is 0 Å². The normalized spacial score (nSPS) is 13.2. The number of aromatic nitrogens is 4. The van der Waals surface area contributed by atoms with E-state index in [0.717, 1.165) is 17.3 Å². The smallest absolute Gasteiger partial charge is 0.209 e. The Bertz CT molecular complexity index is 234. The number of hydrogen-bond donors (Lipinski definition) is 1. The second-order valence-electron chi connectivity index (χ2n) is 2.70. The van der Waals surface area contributed by atoms with Gasteiger partial charge in [-0.05, 0) is 23.8 Å². The van der Waals surface area contributed by atoms with Crippen LogP contribution in [0.1, 0.15) is 13.3 Å². The third kappa shape index (κ3) is 2.78. The van der Waals surface area contributed by atoms with Gasteiger partial charge in [0.05, 0.1) is 0 Å². The van der Waals surface area contributed by atoms with Gasteiger partial charge in [0.15, 0.2) is 0 Å². The molecule has 0 aromatic carbocycles. The van der Waals surface area contributed by atoms with Gasteiger partial charge in [-0.15, -0.1) is 5.10 Å². The summed E-state index contributed by atoms with van der Waals surface area (Å²) in [7, 11) is 1.83. The molecule has 0 spiro atoms. The van der Waals surface area contributed by atoms with Gasteiger partial charge in [-0.3, -0.25) is 0 Å². The summed E-state index contributed by atoms with van der Waals surface area (Å²) >= 11 is 1.63. The molecule has 1 unspecified atom stereocenters. The van der Waals surface area contributed by atoms with Gasteiger partial charge in [-0.2, -0.15) is 0 Å². The van der Waals surface area contributed by atoms with Gasteiger partial charge < -0.3 is 5.73 Å². The largest absolute Gasteiger partial charge is 0.328 e. The van der Waals surface area contributed by atoms with Crippen molar-refractivity contribution in [2.24, 2.45) is 12.8 Å². The molecule has 2 N–H and O–H groups in total. The number of thioether (sulfide) groups is 1. The first-order chi connectivity index (χ1) is 5.70. The average Bonchev–Trinajstić information content (AvgIpc) is 2.36. The minimum atomic E-state index is 0.249. The van der Waals surface area contributed by atoms with E-state index in [1.54, 1.807) is 16.4 Å². The van der Waals surface area contributed by atoms with Gasteiger partial charge in [-0.25, -0.2) is 4.68 Å². The van der Waals surface area contributed by atoms with Crippen molar-refractivity contribution in [1.29, 1.82) is 0 Å². The van der Waals surface area contributed by atoms with Crippen LogP contribution in [0.15, 0.2) is 5.16 Å². The maximum Gasteiger partial charge on any atom is 0.209 e. The van der Waals surface area contributed by atoms with Gasteiger partial charge >= 0.3 is 0 Å². The lowest BCUT2D eigenvalue weighted by atomic mass is 10.3. The Balaban J connectivity index is 2.29. The van der Waals surface area contributed by atoms with Gasteiger partial charge in [0.25, 0.3) is 0 Å². The molecule has 1 aromatic rings. The van der Waals surface area contributed by atoms with Crippen molar-refractivity contribution in [3.8, 4) is 0 Å². The van der Waals surface area contributed by atoms with Crippen LogP contribution in [0.5, 0.6) is 0 Å². The zero-order chi connectivity index (χ0) is 8.97. The van der Waals surface area contributed by atoms with E-state index in [0.29, 0.717) is 0 Å². The van der Waals surface area contributed by atoms with E-state index in [1.807, 2.05) is 14.0 Å². The van der Waals surface area contributed by atoms with E-state index < -0.39 is 0 Å². The van der Waals surface area contributed by atoms with Crippen LogP contribution in [0.4, 0.5) is 0 Å². The molecule has 0 fully saturated rings. The van der Waals surface area contributed by atoms with Crippen LogP contribution >= 0.6 is 11.8 Å². The fraction of sp³-hybridized carbons (Fsp3) is 0.833. The molecular formula is C6H13N5S. The summed E-state index contributed by atoms with van der Waals surface area (Å²) in [6, 6.07) is 0.249. The molecule has 0 aliphatic heterocycles. The van der Waals surface area contributed by atoms with Gasteiger partial charge in [-0.1, -0.05) is 11.8 Å². The van der Waals surface area contributed by atoms with Crippen molar-refractivity contribution in [3.05, 3.63) is 0 Å². The molecule has 0 aliphatic carbocycles. The fourth-order valence-electron chi connectivity index (χ4n) is 0.680. The molecule has 0 aliphatic rings. The summed E-state index contributed by atoms with van der Waals surface area (Å²) in [5.74, 6) is 0.964. The molecule has 5 nitrogen and oxygen atoms in total. The molecule has 0 amide bonds. The number of nitrogens with two attached hydrogens (primary N) is 1. The first-order valence-electron chi connectivity index (χ1n) is 3.81. The van der Waals surface area contributed by atoms with Crippen molar-refractivity contribution < 1.29 is 0 Å². The number of nitrogens with zero attached hydrogens (tertiary/aromatic N) is 4. The van der Waals surface area contributed by atoms with Crippen LogP contribution < -0.4 is 5.73 Å². The first-order valence-corrected chi connectivity index (χ1v) is 4.79. The summed E-state index contributed by atoms with van der Waals surface area (Å²) in [4.78, 5) is 0. The summed E-state index contributed by atoms with van der Waals surface area (Å²) < 4.78 is 1.66. The standard InChI is InChI=1S/C6H13N5S/c1-5(7)3-4-12-6-8-9-10-11(6)2/h5H,3-4,7H2,1-2H3. The number of aryl methyl sites for hydroxylation is 1. The van der Waals surface area contributed by atoms with Crippen LogP contribution in [0.25, 0.3) is 0 Å². The maximum atomic E-state index is 5.60. The Morgan fingerprint density at radius 1 is 1.67 bits per heavy atom. The van der Waals surface area contributed by atoms with E-state index >= 15 is 0 Å². The fourth-order valence-corrected chi connectivity index (χ4v) is 1.67. The molecule has 68 valence electrons. The number of tetrazole rings is 1. The Hall–Kier alpha value is -0.620. The Kier molecular flexibility index (Phi) is 3.48. The molecule has 6 heteroatoms. The summed E-state index contributed by atoms with van der Waals surface area (Å²) in [6.45, 7) is 2.00. The molecule has 0 bridgehead atoms. The molecule has 1 aromatic heterocycles. The van der Waals surface area contributed by atoms with E-state index in [9.17, 15) is 0 Å². The SMILES string of the molecule is CC(N)CCSc1nnnn1C. The van der Waals surface area contributed by atoms with Crippen molar-refractivity contribution in [2.75, 3.05) is 5.75 Å². The highest BCUT2D eigenvalue weighted by Gasteiger charge is 2.02. The van der Waals surface area contributed by atoms with Crippen molar-refractivity contribution in [2.45, 2.75) is 24.5 Å². The second-order valence-corrected chi connectivity index (χ2v) is 3.76. The molecule has 1 rings (SSSR count). The lowest BCUT2D eigenvalue weighted by Crippen LogP contribution is -2.15. The van der Waals surface area contributed by atoms with E-state index in [2.05, 4.69) is 15.5 Å². The summed E-state index contributed by atoms with van der Waals surface area (Å²) in [6.07, 6.45) is 0.984. The molecule has 0 radical (unpaired) electrons. The molecule has 1 heterocycles. The van der Waals surface area contributed by atoms with Gasteiger partial charge in [0.2, 0.25) is 5.16 Å². The summed E-state index contributed by atoms with van der Waals surface area (Å²) in [5.41, 5.74) is 5.60. The second kappa shape index (κ2) is 4.42. The van der Waals surface area contributed by atoms with E-state index in [1.165, 1.54) is 0 Å². The Morgan fingerprint density at radius 3 is 2.92 bits per heavy atom. The number of rotatable bonds is 4. The van der Waals surface area contributed by atoms with Crippen LogP contribution in [0.2, 0.25) is 0 Å². The van der Waals surface area contributed by atoms with Crippen LogP contribution in [-0.4, -0.2) is 32.0 Å². The Labute approximate surface area is 75.7 Å². The third-order valence-electron chi connectivity index (χ3n) is 1.39. The topological polar surface area (TPSA) is 69.6 Å². The first kappa shape index (κ1) is 9.47. The molecule has 0 saturated carbocycles. The van der Waals surface area contributed by atoms with Gasteiger partial charge in [0.1, 0.15) is 0 Å². The predicted molar refractivity (Wildman–Crippen MR) is 47.8 cm³/mol. The summed E-state index contributed by atoms with van der Waals surface area (Å²) in [5, 5.41) is 11.9. The van der Waals surface area contributed by atoms with Crippen molar-refractivity contribution >= 4 is 11.8 Å². The van der Waals surface area contributed by atoms with Crippen LogP contribution in [-0.2, 0) is 7.05 Å². The predicted octanol–water partition coefficient (Wildman–Crippen LogP) is 0.0395. The zero-order valence-electron chi connectivity index (χ0n) is 7.27. The van der Waals surface area contributed by atoms with E-state index in [4.69, 9.17) is 5.73 Å². The lowest BCUT2D eigenvalue weighted by Gasteiger charge is -2.02. The maximum absolute atomic E-state index is 5.60. The highest BCUT2D eigenvalue weighted by atomic mass is 32.2. The average molecular weight is 187 g/mol. The Morgan fingerprint density at radius 2 is 2.42 bits per heavy atom. The highest BCUT2D eigenvalue weighted by molar-refractivity contribution is 7.99. The van der Waals surface area contributed by atoms with Gasteiger partial charge in [0, 0.05) is 18.8 Å². The molecular weight excluding hydrogens is 174 g/mol. The monoisotopic (exact) mass is 187 g/mol. The molecule has 0 saturated heterocycles. The van der Waals surface area contributed by atoms with Crippen LogP contribution in [0.3, 0.4) is 0 Å². The molecule has 12 heavy (non-hydrogen) atoms. The van der Waals surface area contributed by atoms with Crippen molar-refractivity contribution in [1.82, 2.24) is 20.2 Å². The number of hydrogen-bond acceptors (Lipinski definition) is 5. The zero-order valence-corrected chi connectivity index (χ0v) is 8.08.